The molecule has 0 aliphatic carbocycles. The van der Waals surface area contributed by atoms with Gasteiger partial charge in [0.25, 0.3) is 0 Å². The zero-order chi connectivity index (χ0) is 20.8. The molecule has 0 aliphatic heterocycles. The summed E-state index contributed by atoms with van der Waals surface area (Å²) in [5.41, 5.74) is 0.218. The van der Waals surface area contributed by atoms with Crippen molar-refractivity contribution in [3.8, 4) is 0 Å². The topological polar surface area (TPSA) is 61.4 Å². The van der Waals surface area contributed by atoms with Gasteiger partial charge in [-0.05, 0) is 43.8 Å². The predicted molar refractivity (Wildman–Crippen MR) is 95.4 cm³/mol. The van der Waals surface area contributed by atoms with Gasteiger partial charge in [-0.1, -0.05) is 12.1 Å². The number of carbonyl (C=O) groups excluding carboxylic acids is 2. The normalized spacial score (nSPS) is 12.0. The Morgan fingerprint density at radius 3 is 2.18 bits per heavy atom. The summed E-state index contributed by atoms with van der Waals surface area (Å²) in [7, 11) is 1.49. The molecule has 0 aliphatic rings. The molecule has 2 aromatic rings. The van der Waals surface area contributed by atoms with Gasteiger partial charge in [0.2, 0.25) is 11.8 Å². The van der Waals surface area contributed by atoms with E-state index in [-0.39, 0.29) is 30.9 Å². The lowest BCUT2D eigenvalue weighted by atomic mass is 10.1. The maximum absolute atomic E-state index is 13.6. The molecular weight excluding hydrogens is 378 g/mol. The van der Waals surface area contributed by atoms with E-state index < -0.39 is 29.0 Å². The number of hydrogen-bond acceptors (Lipinski definition) is 3. The van der Waals surface area contributed by atoms with Crippen LogP contribution in [-0.4, -0.2) is 36.9 Å². The van der Waals surface area contributed by atoms with Gasteiger partial charge in [-0.2, -0.15) is 0 Å². The smallest absolute Gasteiger partial charge is 0.238 e. The van der Waals surface area contributed by atoms with Crippen LogP contribution in [0.2, 0.25) is 0 Å². The van der Waals surface area contributed by atoms with E-state index in [1.54, 1.807) is 19.1 Å². The number of anilines is 1. The number of likely N-dealkylation sites (N-methyl/N-ethyl adjacent to an activating group) is 1. The van der Waals surface area contributed by atoms with Crippen LogP contribution in [0.4, 0.5) is 23.2 Å². The van der Waals surface area contributed by atoms with Gasteiger partial charge < -0.3 is 10.6 Å². The van der Waals surface area contributed by atoms with Crippen molar-refractivity contribution in [3.05, 3.63) is 65.2 Å². The summed E-state index contributed by atoms with van der Waals surface area (Å²) >= 11 is 0. The first kappa shape index (κ1) is 21.4. The van der Waals surface area contributed by atoms with Crippen LogP contribution in [-0.2, 0) is 9.59 Å². The van der Waals surface area contributed by atoms with Gasteiger partial charge in [-0.25, -0.2) is 17.6 Å². The van der Waals surface area contributed by atoms with Crippen LogP contribution < -0.4 is 10.6 Å². The van der Waals surface area contributed by atoms with Gasteiger partial charge in [-0.3, -0.25) is 14.5 Å². The highest BCUT2D eigenvalue weighted by Crippen LogP contribution is 2.19. The first-order valence-electron chi connectivity index (χ1n) is 8.34. The Labute approximate surface area is 159 Å². The van der Waals surface area contributed by atoms with Gasteiger partial charge in [0.15, 0.2) is 17.5 Å². The van der Waals surface area contributed by atoms with Crippen molar-refractivity contribution < 1.29 is 27.2 Å². The molecule has 28 heavy (non-hydrogen) atoms. The van der Waals surface area contributed by atoms with Crippen LogP contribution in [0.15, 0.2) is 36.4 Å². The lowest BCUT2D eigenvalue weighted by Gasteiger charge is -2.19. The summed E-state index contributed by atoms with van der Waals surface area (Å²) in [5, 5.41) is 4.83. The average molecular weight is 397 g/mol. The van der Waals surface area contributed by atoms with Crippen molar-refractivity contribution in [2.24, 2.45) is 0 Å². The number of hydrogen-bond donors (Lipinski definition) is 2. The zero-order valence-electron chi connectivity index (χ0n) is 15.2. The van der Waals surface area contributed by atoms with Crippen LogP contribution in [0.1, 0.15) is 18.5 Å². The maximum atomic E-state index is 13.6. The summed E-state index contributed by atoms with van der Waals surface area (Å²) in [6.45, 7) is 1.31. The van der Waals surface area contributed by atoms with Crippen molar-refractivity contribution in [2.45, 2.75) is 13.0 Å². The Kier molecular flexibility index (Phi) is 7.11. The first-order valence-corrected chi connectivity index (χ1v) is 8.34. The SMILES string of the molecule is CC(NC(=O)CN(C)CC(=O)Nc1ccc(F)c(F)c1F)c1ccc(F)cc1. The highest BCUT2D eigenvalue weighted by atomic mass is 19.2. The third-order valence-electron chi connectivity index (χ3n) is 3.88. The van der Waals surface area contributed by atoms with E-state index in [0.29, 0.717) is 11.6 Å². The largest absolute Gasteiger partial charge is 0.348 e. The van der Waals surface area contributed by atoms with E-state index in [0.717, 1.165) is 6.07 Å². The van der Waals surface area contributed by atoms with Gasteiger partial charge in [0.1, 0.15) is 5.82 Å². The molecule has 0 heterocycles. The molecule has 5 nitrogen and oxygen atoms in total. The second kappa shape index (κ2) is 9.32. The molecule has 150 valence electrons. The molecule has 2 amide bonds. The van der Waals surface area contributed by atoms with E-state index in [1.165, 1.54) is 24.1 Å². The Hall–Kier alpha value is -2.94. The molecule has 0 spiro atoms. The number of rotatable bonds is 7. The number of nitrogens with zero attached hydrogens (tertiary/aromatic N) is 1. The van der Waals surface area contributed by atoms with E-state index in [4.69, 9.17) is 0 Å². The van der Waals surface area contributed by atoms with E-state index in [9.17, 15) is 27.2 Å². The van der Waals surface area contributed by atoms with Gasteiger partial charge in [0, 0.05) is 0 Å². The summed E-state index contributed by atoms with van der Waals surface area (Å²) in [6.07, 6.45) is 0. The highest BCUT2D eigenvalue weighted by Gasteiger charge is 2.17. The molecule has 0 saturated carbocycles. The minimum absolute atomic E-state index is 0.140. The summed E-state index contributed by atoms with van der Waals surface area (Å²) in [6, 6.07) is 6.90. The number of nitrogens with one attached hydrogen (secondary N) is 2. The second-order valence-electron chi connectivity index (χ2n) is 6.28. The molecular formula is C19H19F4N3O2. The quantitative estimate of drug-likeness (QED) is 0.558. The van der Waals surface area contributed by atoms with Crippen LogP contribution in [0.3, 0.4) is 0 Å². The number of benzene rings is 2. The molecule has 0 bridgehead atoms. The Bertz CT molecular complexity index is 859. The van der Waals surface area contributed by atoms with Gasteiger partial charge in [0.05, 0.1) is 24.8 Å². The molecule has 2 aromatic carbocycles. The molecule has 1 unspecified atom stereocenters. The fourth-order valence-electron chi connectivity index (χ4n) is 2.48. The van der Waals surface area contributed by atoms with Crippen molar-refractivity contribution in [2.75, 3.05) is 25.5 Å². The standard InChI is InChI=1S/C19H19F4N3O2/c1-11(12-3-5-13(20)6-4-12)24-16(27)9-26(2)10-17(28)25-15-8-7-14(21)18(22)19(15)23/h3-8,11H,9-10H2,1-2H3,(H,24,27)(H,25,28). The lowest BCUT2D eigenvalue weighted by molar-refractivity contribution is -0.123. The van der Waals surface area contributed by atoms with E-state index in [1.807, 2.05) is 0 Å². The van der Waals surface area contributed by atoms with Crippen LogP contribution in [0, 0.1) is 23.3 Å². The molecule has 1 atom stereocenters. The van der Waals surface area contributed by atoms with E-state index in [2.05, 4.69) is 10.6 Å². The number of halogens is 4. The fourth-order valence-corrected chi connectivity index (χ4v) is 2.48. The minimum Gasteiger partial charge on any atom is -0.348 e. The van der Waals surface area contributed by atoms with Gasteiger partial charge >= 0.3 is 0 Å². The van der Waals surface area contributed by atoms with Crippen molar-refractivity contribution in [1.82, 2.24) is 10.2 Å². The number of amides is 2. The third-order valence-corrected chi connectivity index (χ3v) is 3.88. The highest BCUT2D eigenvalue weighted by molar-refractivity contribution is 5.92. The summed E-state index contributed by atoms with van der Waals surface area (Å²) in [5.74, 6) is -6.01. The van der Waals surface area contributed by atoms with E-state index >= 15 is 0 Å². The van der Waals surface area contributed by atoms with Crippen molar-refractivity contribution >= 4 is 17.5 Å². The predicted octanol–water partition coefficient (Wildman–Crippen LogP) is 2.99. The van der Waals surface area contributed by atoms with Crippen LogP contribution in [0.25, 0.3) is 0 Å². The lowest BCUT2D eigenvalue weighted by Crippen LogP contribution is -2.39. The molecule has 0 radical (unpaired) electrons. The first-order chi connectivity index (χ1) is 13.2. The molecule has 0 fully saturated rings. The summed E-state index contributed by atoms with van der Waals surface area (Å²) in [4.78, 5) is 25.4. The Morgan fingerprint density at radius 1 is 0.929 bits per heavy atom. The van der Waals surface area contributed by atoms with Gasteiger partial charge in [-0.15, -0.1) is 0 Å². The monoisotopic (exact) mass is 397 g/mol. The van der Waals surface area contributed by atoms with Crippen LogP contribution >= 0.6 is 0 Å². The summed E-state index contributed by atoms with van der Waals surface area (Å²) < 4.78 is 52.6. The number of carbonyl (C=O) groups is 2. The third kappa shape index (κ3) is 5.78. The molecule has 0 saturated heterocycles. The minimum atomic E-state index is -1.68. The van der Waals surface area contributed by atoms with Crippen molar-refractivity contribution in [3.63, 3.8) is 0 Å². The average Bonchev–Trinajstić information content (AvgIpc) is 2.62. The fraction of sp³-hybridized carbons (Fsp3) is 0.263. The van der Waals surface area contributed by atoms with Crippen molar-refractivity contribution in [1.29, 1.82) is 0 Å². The zero-order valence-corrected chi connectivity index (χ0v) is 15.2. The Morgan fingerprint density at radius 2 is 1.54 bits per heavy atom. The molecule has 9 heteroatoms. The van der Waals surface area contributed by atoms with Crippen LogP contribution in [0.5, 0.6) is 0 Å². The molecule has 2 rings (SSSR count). The molecule has 2 N–H and O–H groups in total. The molecule has 0 aromatic heterocycles. The second-order valence-corrected chi connectivity index (χ2v) is 6.28. The Balaban J connectivity index is 1.84. The maximum Gasteiger partial charge on any atom is 0.238 e.